The smallest absolute Gasteiger partial charge is 0.252 e. The van der Waals surface area contributed by atoms with Gasteiger partial charge in [0.1, 0.15) is 6.33 Å². The zero-order valence-corrected chi connectivity index (χ0v) is 21.9. The van der Waals surface area contributed by atoms with Crippen molar-refractivity contribution < 1.29 is 4.79 Å². The van der Waals surface area contributed by atoms with Gasteiger partial charge in [-0.25, -0.2) is 4.98 Å². The summed E-state index contributed by atoms with van der Waals surface area (Å²) in [5.74, 6) is 3.39. The Labute approximate surface area is 213 Å². The molecule has 1 amide bonds. The number of carbonyl (C=O) groups excluding carboxylic acids is 1. The number of benzene rings is 1. The van der Waals surface area contributed by atoms with E-state index in [0.29, 0.717) is 41.9 Å². The number of nitrogens with one attached hydrogen (secondary N) is 1. The summed E-state index contributed by atoms with van der Waals surface area (Å²) in [6, 6.07) is 9.38. The number of hydrogen-bond acceptors (Lipinski definition) is 4. The molecule has 3 heterocycles. The molecular formula is C30H37N5O. The van der Waals surface area contributed by atoms with Gasteiger partial charge in [0, 0.05) is 29.0 Å². The fourth-order valence-electron chi connectivity index (χ4n) is 8.78. The first-order valence-corrected chi connectivity index (χ1v) is 13.9. The molecule has 4 aliphatic rings. The van der Waals surface area contributed by atoms with Crippen LogP contribution in [0.25, 0.3) is 17.0 Å². The summed E-state index contributed by atoms with van der Waals surface area (Å²) in [5, 5.41) is 7.99. The second-order valence-electron chi connectivity index (χ2n) is 12.8. The molecule has 188 valence electrons. The first-order valence-electron chi connectivity index (χ1n) is 13.9. The Morgan fingerprint density at radius 2 is 1.86 bits per heavy atom. The van der Waals surface area contributed by atoms with Crippen molar-refractivity contribution in [2.24, 2.45) is 23.2 Å². The second-order valence-corrected chi connectivity index (χ2v) is 12.8. The van der Waals surface area contributed by atoms with Gasteiger partial charge in [-0.3, -0.25) is 4.79 Å². The summed E-state index contributed by atoms with van der Waals surface area (Å²) in [5.41, 5.74) is 6.66. The van der Waals surface area contributed by atoms with Crippen LogP contribution in [0.15, 0.2) is 30.6 Å². The fraction of sp³-hybridized carbons (Fsp3) is 0.600. The minimum absolute atomic E-state index is 0.0674. The predicted octanol–water partition coefficient (Wildman–Crippen LogP) is 5.45. The average molecular weight is 484 g/mol. The Hall–Kier alpha value is -2.76. The Morgan fingerprint density at radius 1 is 1.06 bits per heavy atom. The number of amides is 1. The monoisotopic (exact) mass is 483 g/mol. The van der Waals surface area contributed by atoms with E-state index < -0.39 is 0 Å². The number of aromatic nitrogens is 4. The quantitative estimate of drug-likeness (QED) is 0.526. The van der Waals surface area contributed by atoms with Crippen LogP contribution in [0.3, 0.4) is 0 Å². The van der Waals surface area contributed by atoms with Gasteiger partial charge < -0.3 is 5.32 Å². The molecule has 2 saturated carbocycles. The molecule has 3 fully saturated rings. The number of piperidine rings is 1. The normalized spacial score (nSPS) is 35.2. The fourth-order valence-corrected chi connectivity index (χ4v) is 8.78. The Bertz CT molecular complexity index is 1360. The van der Waals surface area contributed by atoms with Crippen molar-refractivity contribution in [1.29, 1.82) is 0 Å². The van der Waals surface area contributed by atoms with Crippen molar-refractivity contribution in [3.63, 3.8) is 0 Å². The minimum Gasteiger partial charge on any atom is -0.353 e. The van der Waals surface area contributed by atoms with Gasteiger partial charge in [0.15, 0.2) is 0 Å². The molecule has 1 aliphatic heterocycles. The summed E-state index contributed by atoms with van der Waals surface area (Å²) in [7, 11) is 0. The van der Waals surface area contributed by atoms with Crippen LogP contribution in [-0.4, -0.2) is 31.5 Å². The van der Waals surface area contributed by atoms with E-state index in [1.54, 1.807) is 6.33 Å². The van der Waals surface area contributed by atoms with Crippen molar-refractivity contribution in [2.75, 3.05) is 0 Å². The van der Waals surface area contributed by atoms with Crippen LogP contribution in [0.5, 0.6) is 0 Å². The Kier molecular flexibility index (Phi) is 4.75. The molecule has 7 rings (SSSR count). The van der Waals surface area contributed by atoms with Crippen molar-refractivity contribution in [3.05, 3.63) is 47.4 Å². The van der Waals surface area contributed by atoms with Crippen molar-refractivity contribution in [2.45, 2.75) is 90.0 Å². The van der Waals surface area contributed by atoms with Crippen LogP contribution in [0, 0.1) is 23.2 Å². The average Bonchev–Trinajstić information content (AvgIpc) is 3.45. The van der Waals surface area contributed by atoms with Crippen LogP contribution in [0.1, 0.15) is 89.0 Å². The van der Waals surface area contributed by atoms with Gasteiger partial charge in [-0.1, -0.05) is 52.0 Å². The molecule has 0 radical (unpaired) electrons. The number of carbonyl (C=O) groups is 1. The highest BCUT2D eigenvalue weighted by molar-refractivity contribution is 5.77. The third-order valence-corrected chi connectivity index (χ3v) is 10.8. The highest BCUT2D eigenvalue weighted by atomic mass is 16.1. The number of nitrogens with zero attached hydrogens (tertiary/aromatic N) is 4. The molecule has 3 unspecified atom stereocenters. The summed E-state index contributed by atoms with van der Waals surface area (Å²) >= 11 is 0. The van der Waals surface area contributed by atoms with E-state index in [9.17, 15) is 4.79 Å². The maximum absolute atomic E-state index is 12.2. The summed E-state index contributed by atoms with van der Waals surface area (Å²) < 4.78 is 1.97. The lowest BCUT2D eigenvalue weighted by molar-refractivity contribution is -0.134. The molecule has 2 aromatic heterocycles. The van der Waals surface area contributed by atoms with Gasteiger partial charge in [-0.05, 0) is 73.2 Å². The van der Waals surface area contributed by atoms with E-state index in [-0.39, 0.29) is 16.7 Å². The van der Waals surface area contributed by atoms with E-state index in [1.165, 1.54) is 40.9 Å². The van der Waals surface area contributed by atoms with E-state index in [1.807, 2.05) is 4.52 Å². The SMILES string of the molecule is CC(C)c1ccc(-c2c3c(nc4ncnn24)[C@@]2(C)CCC4C(CC[C@H]5NC(=O)CC[C@]45C)C2C3)cc1. The van der Waals surface area contributed by atoms with Crippen LogP contribution in [0.2, 0.25) is 0 Å². The molecule has 1 N–H and O–H groups in total. The lowest BCUT2D eigenvalue weighted by atomic mass is 9.47. The topological polar surface area (TPSA) is 72.2 Å². The molecule has 0 spiro atoms. The second kappa shape index (κ2) is 7.62. The maximum Gasteiger partial charge on any atom is 0.252 e. The lowest BCUT2D eigenvalue weighted by Crippen LogP contribution is -2.61. The molecule has 0 bridgehead atoms. The molecular weight excluding hydrogens is 446 g/mol. The van der Waals surface area contributed by atoms with Gasteiger partial charge in [0.05, 0.1) is 11.4 Å². The van der Waals surface area contributed by atoms with Crippen LogP contribution >= 0.6 is 0 Å². The first kappa shape index (κ1) is 22.4. The molecule has 36 heavy (non-hydrogen) atoms. The van der Waals surface area contributed by atoms with Gasteiger partial charge in [0.25, 0.3) is 5.78 Å². The minimum atomic E-state index is 0.0674. The van der Waals surface area contributed by atoms with Crippen molar-refractivity contribution >= 4 is 11.7 Å². The van der Waals surface area contributed by atoms with Crippen LogP contribution in [0.4, 0.5) is 0 Å². The van der Waals surface area contributed by atoms with Gasteiger partial charge in [-0.2, -0.15) is 14.6 Å². The van der Waals surface area contributed by atoms with Crippen LogP contribution < -0.4 is 5.32 Å². The van der Waals surface area contributed by atoms with E-state index in [0.717, 1.165) is 25.7 Å². The van der Waals surface area contributed by atoms with E-state index in [2.05, 4.69) is 67.4 Å². The highest BCUT2D eigenvalue weighted by Gasteiger charge is 2.60. The first-order chi connectivity index (χ1) is 17.3. The van der Waals surface area contributed by atoms with Crippen molar-refractivity contribution in [3.8, 4) is 11.3 Å². The third kappa shape index (κ3) is 2.96. The standard InChI is InChI=1S/C30H37N5O/c1-17(2)18-5-7-19(8-6-18)26-21-15-23-20-9-10-24-29(3,14-12-25(36)33-24)22(20)11-13-30(23,4)27(21)34-28-31-16-32-35(26)28/h5-8,16-17,20,22-24H,9-15H2,1-4H3,(H,33,36)/t20?,22?,23?,24-,29-,30+/m1/s1. The Balaban J connectivity index is 1.33. The maximum atomic E-state index is 12.2. The number of fused-ring (bicyclic) bond motifs is 8. The summed E-state index contributed by atoms with van der Waals surface area (Å²) in [6.45, 7) is 9.42. The van der Waals surface area contributed by atoms with Crippen LogP contribution in [-0.2, 0) is 16.6 Å². The number of rotatable bonds is 2. The predicted molar refractivity (Wildman–Crippen MR) is 140 cm³/mol. The lowest BCUT2D eigenvalue weighted by Gasteiger charge is -2.59. The molecule has 1 saturated heterocycles. The number of hydrogen-bond donors (Lipinski definition) is 1. The van der Waals surface area contributed by atoms with Crippen molar-refractivity contribution in [1.82, 2.24) is 24.9 Å². The third-order valence-electron chi connectivity index (χ3n) is 10.8. The molecule has 3 aliphatic carbocycles. The molecule has 6 nitrogen and oxygen atoms in total. The molecule has 3 aromatic rings. The molecule has 6 heteroatoms. The van der Waals surface area contributed by atoms with Gasteiger partial charge in [0.2, 0.25) is 5.91 Å². The van der Waals surface area contributed by atoms with Gasteiger partial charge in [-0.15, -0.1) is 0 Å². The highest BCUT2D eigenvalue weighted by Crippen LogP contribution is 2.63. The summed E-state index contributed by atoms with van der Waals surface area (Å²) in [6.07, 6.45) is 9.10. The zero-order valence-electron chi connectivity index (χ0n) is 21.9. The zero-order chi connectivity index (χ0) is 24.8. The summed E-state index contributed by atoms with van der Waals surface area (Å²) in [4.78, 5) is 21.9. The Morgan fingerprint density at radius 3 is 2.64 bits per heavy atom. The molecule has 1 aromatic carbocycles. The molecule has 6 atom stereocenters. The van der Waals surface area contributed by atoms with Gasteiger partial charge >= 0.3 is 0 Å². The van der Waals surface area contributed by atoms with E-state index >= 15 is 0 Å². The van der Waals surface area contributed by atoms with E-state index in [4.69, 9.17) is 4.98 Å². The largest absolute Gasteiger partial charge is 0.353 e.